The van der Waals surface area contributed by atoms with Crippen LogP contribution in [0.1, 0.15) is 48.9 Å². The van der Waals surface area contributed by atoms with E-state index in [-0.39, 0.29) is 0 Å². The molecule has 1 aliphatic rings. The van der Waals surface area contributed by atoms with Crippen LogP contribution in [0.4, 0.5) is 5.69 Å². The second-order valence-corrected chi connectivity index (χ2v) is 5.70. The van der Waals surface area contributed by atoms with Crippen molar-refractivity contribution in [2.45, 2.75) is 45.1 Å². The number of para-hydroxylation sites is 1. The van der Waals surface area contributed by atoms with E-state index in [2.05, 4.69) is 60.8 Å². The molecule has 104 valence electrons. The van der Waals surface area contributed by atoms with Gasteiger partial charge < -0.3 is 5.32 Å². The van der Waals surface area contributed by atoms with Crippen molar-refractivity contribution in [2.24, 2.45) is 0 Å². The molecule has 0 saturated carbocycles. The minimum atomic E-state index is 0.470. The summed E-state index contributed by atoms with van der Waals surface area (Å²) in [5, 5.41) is 3.79. The molecular weight excluding hydrogens is 242 g/mol. The zero-order valence-electron chi connectivity index (χ0n) is 12.2. The second-order valence-electron chi connectivity index (χ2n) is 5.70. The normalized spacial score (nSPS) is 17.6. The molecule has 1 aliphatic carbocycles. The van der Waals surface area contributed by atoms with Crippen LogP contribution < -0.4 is 5.32 Å². The van der Waals surface area contributed by atoms with E-state index in [0.717, 1.165) is 6.42 Å². The molecule has 0 aliphatic heterocycles. The van der Waals surface area contributed by atoms with Crippen molar-refractivity contribution in [1.29, 1.82) is 0 Å². The Morgan fingerprint density at radius 1 is 1.05 bits per heavy atom. The van der Waals surface area contributed by atoms with Gasteiger partial charge in [-0.3, -0.25) is 0 Å². The number of rotatable bonds is 4. The number of aryl methyl sites for hydroxylation is 2. The Morgan fingerprint density at radius 3 is 2.75 bits per heavy atom. The number of nitrogens with one attached hydrogen (secondary N) is 1. The summed E-state index contributed by atoms with van der Waals surface area (Å²) in [6.07, 6.45) is 6.09. The number of benzene rings is 2. The van der Waals surface area contributed by atoms with Crippen molar-refractivity contribution in [3.8, 4) is 0 Å². The maximum Gasteiger partial charge on any atom is 0.0516 e. The van der Waals surface area contributed by atoms with Crippen molar-refractivity contribution < 1.29 is 0 Å². The number of anilines is 1. The first-order chi connectivity index (χ1) is 9.88. The zero-order valence-corrected chi connectivity index (χ0v) is 12.2. The molecule has 2 aromatic rings. The summed E-state index contributed by atoms with van der Waals surface area (Å²) < 4.78 is 0. The van der Waals surface area contributed by atoms with E-state index in [1.165, 1.54) is 48.1 Å². The topological polar surface area (TPSA) is 12.0 Å². The molecule has 20 heavy (non-hydrogen) atoms. The van der Waals surface area contributed by atoms with Crippen LogP contribution in [-0.2, 0) is 12.8 Å². The van der Waals surface area contributed by atoms with Gasteiger partial charge in [0.05, 0.1) is 6.04 Å². The third-order valence-electron chi connectivity index (χ3n) is 4.24. The van der Waals surface area contributed by atoms with Crippen LogP contribution in [0.2, 0.25) is 0 Å². The fraction of sp³-hybridized carbons (Fsp3) is 0.368. The van der Waals surface area contributed by atoms with Gasteiger partial charge in [-0.1, -0.05) is 55.8 Å². The molecule has 1 heteroatoms. The predicted octanol–water partition coefficient (Wildman–Crippen LogP) is 5.13. The predicted molar refractivity (Wildman–Crippen MR) is 86.2 cm³/mol. The Morgan fingerprint density at radius 2 is 1.85 bits per heavy atom. The quantitative estimate of drug-likeness (QED) is 0.808. The van der Waals surface area contributed by atoms with E-state index in [0.29, 0.717) is 6.04 Å². The molecule has 3 rings (SSSR count). The molecule has 0 radical (unpaired) electrons. The van der Waals surface area contributed by atoms with Crippen molar-refractivity contribution in [3.05, 3.63) is 65.2 Å². The van der Waals surface area contributed by atoms with Crippen molar-refractivity contribution in [2.75, 3.05) is 5.32 Å². The van der Waals surface area contributed by atoms with Gasteiger partial charge >= 0.3 is 0 Å². The van der Waals surface area contributed by atoms with Gasteiger partial charge in [0, 0.05) is 5.69 Å². The molecule has 0 bridgehead atoms. The van der Waals surface area contributed by atoms with Crippen LogP contribution >= 0.6 is 0 Å². The molecule has 1 nitrogen and oxygen atoms in total. The fourth-order valence-electron chi connectivity index (χ4n) is 3.24. The fourth-order valence-corrected chi connectivity index (χ4v) is 3.24. The lowest BCUT2D eigenvalue weighted by molar-refractivity contribution is 0.599. The van der Waals surface area contributed by atoms with E-state index in [1.54, 1.807) is 0 Å². The lowest BCUT2D eigenvalue weighted by Gasteiger charge is -2.28. The first-order valence-corrected chi connectivity index (χ1v) is 7.80. The Labute approximate surface area is 122 Å². The third kappa shape index (κ3) is 2.72. The average molecular weight is 265 g/mol. The average Bonchev–Trinajstić information content (AvgIpc) is 2.50. The monoisotopic (exact) mass is 265 g/mol. The number of hydrogen-bond donors (Lipinski definition) is 1. The molecular formula is C19H23N. The van der Waals surface area contributed by atoms with E-state index >= 15 is 0 Å². The van der Waals surface area contributed by atoms with E-state index in [9.17, 15) is 0 Å². The van der Waals surface area contributed by atoms with Crippen LogP contribution in [0.5, 0.6) is 0 Å². The SMILES string of the molecule is CCCc1ccccc1NC1CCCc2ccccc21. The first kappa shape index (κ1) is 13.2. The summed E-state index contributed by atoms with van der Waals surface area (Å²) in [5.74, 6) is 0. The molecule has 0 spiro atoms. The molecule has 0 amide bonds. The number of fused-ring (bicyclic) bond motifs is 1. The first-order valence-electron chi connectivity index (χ1n) is 7.80. The van der Waals surface area contributed by atoms with Crippen molar-refractivity contribution >= 4 is 5.69 Å². The molecule has 0 heterocycles. The zero-order chi connectivity index (χ0) is 13.8. The van der Waals surface area contributed by atoms with Crippen LogP contribution in [0.3, 0.4) is 0 Å². The van der Waals surface area contributed by atoms with Crippen molar-refractivity contribution in [3.63, 3.8) is 0 Å². The van der Waals surface area contributed by atoms with Crippen LogP contribution in [0.25, 0.3) is 0 Å². The summed E-state index contributed by atoms with van der Waals surface area (Å²) in [4.78, 5) is 0. The third-order valence-corrected chi connectivity index (χ3v) is 4.24. The summed E-state index contributed by atoms with van der Waals surface area (Å²) >= 11 is 0. The Bertz CT molecular complexity index is 573. The van der Waals surface area contributed by atoms with Gasteiger partial charge in [-0.05, 0) is 48.4 Å². The minimum Gasteiger partial charge on any atom is -0.378 e. The summed E-state index contributed by atoms with van der Waals surface area (Å²) in [6, 6.07) is 18.1. The number of hydrogen-bond acceptors (Lipinski definition) is 1. The molecule has 1 N–H and O–H groups in total. The van der Waals surface area contributed by atoms with E-state index < -0.39 is 0 Å². The molecule has 0 saturated heterocycles. The smallest absolute Gasteiger partial charge is 0.0516 e. The van der Waals surface area contributed by atoms with E-state index in [1.807, 2.05) is 0 Å². The van der Waals surface area contributed by atoms with Gasteiger partial charge in [0.25, 0.3) is 0 Å². The van der Waals surface area contributed by atoms with Gasteiger partial charge in [0.1, 0.15) is 0 Å². The van der Waals surface area contributed by atoms with Gasteiger partial charge in [0.2, 0.25) is 0 Å². The highest BCUT2D eigenvalue weighted by atomic mass is 14.9. The summed E-state index contributed by atoms with van der Waals surface area (Å²) in [5.41, 5.74) is 5.77. The molecule has 2 aromatic carbocycles. The maximum atomic E-state index is 3.79. The van der Waals surface area contributed by atoms with Crippen molar-refractivity contribution in [1.82, 2.24) is 0 Å². The Hall–Kier alpha value is -1.76. The lowest BCUT2D eigenvalue weighted by Crippen LogP contribution is -2.18. The van der Waals surface area contributed by atoms with Gasteiger partial charge in [0.15, 0.2) is 0 Å². The second kappa shape index (κ2) is 6.13. The molecule has 1 unspecified atom stereocenters. The summed E-state index contributed by atoms with van der Waals surface area (Å²) in [7, 11) is 0. The summed E-state index contributed by atoms with van der Waals surface area (Å²) in [6.45, 7) is 2.24. The Balaban J connectivity index is 1.86. The molecule has 0 aromatic heterocycles. The van der Waals surface area contributed by atoms with Crippen LogP contribution in [0.15, 0.2) is 48.5 Å². The lowest BCUT2D eigenvalue weighted by atomic mass is 9.87. The standard InChI is InChI=1S/C19H23N/c1-2-8-16-10-4-6-13-18(16)20-19-14-7-11-15-9-3-5-12-17(15)19/h3-6,9-10,12-13,19-20H,2,7-8,11,14H2,1H3. The highest BCUT2D eigenvalue weighted by molar-refractivity contribution is 5.53. The maximum absolute atomic E-state index is 3.79. The van der Waals surface area contributed by atoms with Gasteiger partial charge in [-0.2, -0.15) is 0 Å². The van der Waals surface area contributed by atoms with E-state index in [4.69, 9.17) is 0 Å². The Kier molecular flexibility index (Phi) is 4.05. The van der Waals surface area contributed by atoms with Gasteiger partial charge in [-0.25, -0.2) is 0 Å². The van der Waals surface area contributed by atoms with Crippen LogP contribution in [-0.4, -0.2) is 0 Å². The highest BCUT2D eigenvalue weighted by Crippen LogP contribution is 2.33. The highest BCUT2D eigenvalue weighted by Gasteiger charge is 2.19. The van der Waals surface area contributed by atoms with Gasteiger partial charge in [-0.15, -0.1) is 0 Å². The minimum absolute atomic E-state index is 0.470. The molecule has 1 atom stereocenters. The van der Waals surface area contributed by atoms with Crippen LogP contribution in [0, 0.1) is 0 Å². The largest absolute Gasteiger partial charge is 0.378 e. The molecule has 0 fully saturated rings.